The number of hydrogen-bond acceptors (Lipinski definition) is 9. The van der Waals surface area contributed by atoms with Crippen LogP contribution in [0, 0.1) is 5.82 Å². The van der Waals surface area contributed by atoms with Crippen LogP contribution in [0.2, 0.25) is 0 Å². The number of nitrogens with zero attached hydrogens (tertiary/aromatic N) is 6. The van der Waals surface area contributed by atoms with Gasteiger partial charge in [0.25, 0.3) is 0 Å². The first-order valence-electron chi connectivity index (χ1n) is 7.26. The van der Waals surface area contributed by atoms with Crippen molar-refractivity contribution in [2.45, 2.75) is 13.0 Å². The number of benzene rings is 1. The second-order valence-corrected chi connectivity index (χ2v) is 5.15. The van der Waals surface area contributed by atoms with Gasteiger partial charge in [0, 0.05) is 5.69 Å². The summed E-state index contributed by atoms with van der Waals surface area (Å²) in [5, 5.41) is 23.3. The summed E-state index contributed by atoms with van der Waals surface area (Å²) in [6.07, 6.45) is 1.75. The number of rotatable bonds is 6. The molecule has 4 N–H and O–H groups in total. The number of aliphatic hydroxyl groups is 1. The first-order valence-corrected chi connectivity index (χ1v) is 7.26. The highest BCUT2D eigenvalue weighted by molar-refractivity contribution is 5.62. The van der Waals surface area contributed by atoms with Crippen LogP contribution >= 0.6 is 0 Å². The second-order valence-electron chi connectivity index (χ2n) is 5.15. The SMILES string of the molecule is CC(O)COc1ccc(Nc2ncc(F)c(N)n2)cc1-n1cnnn1. The molecular formula is C14H15FN8O2. The summed E-state index contributed by atoms with van der Waals surface area (Å²) in [4.78, 5) is 7.63. The van der Waals surface area contributed by atoms with E-state index in [1.54, 1.807) is 25.1 Å². The van der Waals surface area contributed by atoms with Crippen molar-refractivity contribution >= 4 is 17.5 Å². The highest BCUT2D eigenvalue weighted by atomic mass is 19.1. The number of hydrogen-bond donors (Lipinski definition) is 3. The number of nitrogen functional groups attached to an aromatic ring is 1. The molecule has 3 rings (SSSR count). The zero-order valence-electron chi connectivity index (χ0n) is 13.2. The number of halogens is 1. The van der Waals surface area contributed by atoms with Crippen molar-refractivity contribution in [1.29, 1.82) is 0 Å². The minimum absolute atomic E-state index is 0.111. The third kappa shape index (κ3) is 3.95. The van der Waals surface area contributed by atoms with Crippen LogP contribution in [0.1, 0.15) is 6.92 Å². The Labute approximate surface area is 141 Å². The van der Waals surface area contributed by atoms with Gasteiger partial charge < -0.3 is 20.9 Å². The molecule has 0 saturated carbocycles. The molecule has 1 atom stereocenters. The lowest BCUT2D eigenvalue weighted by Gasteiger charge is -2.14. The van der Waals surface area contributed by atoms with Gasteiger partial charge in [-0.3, -0.25) is 0 Å². The lowest BCUT2D eigenvalue weighted by Crippen LogP contribution is -2.14. The van der Waals surface area contributed by atoms with E-state index in [2.05, 4.69) is 30.8 Å². The van der Waals surface area contributed by atoms with Crippen LogP contribution in [0.4, 0.5) is 21.8 Å². The number of aliphatic hydroxyl groups excluding tert-OH is 1. The van der Waals surface area contributed by atoms with E-state index in [0.717, 1.165) is 6.20 Å². The van der Waals surface area contributed by atoms with Gasteiger partial charge in [0.1, 0.15) is 24.4 Å². The number of tetrazole rings is 1. The van der Waals surface area contributed by atoms with Crippen molar-refractivity contribution in [2.24, 2.45) is 0 Å². The Morgan fingerprint density at radius 2 is 2.28 bits per heavy atom. The van der Waals surface area contributed by atoms with Gasteiger partial charge in [0.2, 0.25) is 5.95 Å². The molecule has 130 valence electrons. The summed E-state index contributed by atoms with van der Waals surface area (Å²) >= 11 is 0. The van der Waals surface area contributed by atoms with Crippen LogP contribution in [-0.2, 0) is 0 Å². The molecule has 0 aliphatic heterocycles. The number of nitrogens with one attached hydrogen (secondary N) is 1. The van der Waals surface area contributed by atoms with E-state index >= 15 is 0 Å². The van der Waals surface area contributed by atoms with E-state index in [1.165, 1.54) is 11.0 Å². The third-order valence-corrected chi connectivity index (χ3v) is 3.06. The van der Waals surface area contributed by atoms with Gasteiger partial charge >= 0.3 is 0 Å². The summed E-state index contributed by atoms with van der Waals surface area (Å²) in [7, 11) is 0. The van der Waals surface area contributed by atoms with Crippen LogP contribution in [0.15, 0.2) is 30.7 Å². The van der Waals surface area contributed by atoms with Gasteiger partial charge in [-0.2, -0.15) is 9.67 Å². The van der Waals surface area contributed by atoms with Crippen molar-refractivity contribution in [3.8, 4) is 11.4 Å². The minimum atomic E-state index is -0.693. The molecule has 1 unspecified atom stereocenters. The maximum absolute atomic E-state index is 13.2. The first kappa shape index (κ1) is 16.5. The lowest BCUT2D eigenvalue weighted by atomic mass is 10.2. The Morgan fingerprint density at radius 1 is 1.44 bits per heavy atom. The predicted octanol–water partition coefficient (Wildman–Crippen LogP) is 0.677. The van der Waals surface area contributed by atoms with Gasteiger partial charge in [-0.25, -0.2) is 9.37 Å². The lowest BCUT2D eigenvalue weighted by molar-refractivity contribution is 0.122. The molecule has 0 radical (unpaired) electrons. The standard InChI is InChI=1S/C14H15FN8O2/c1-8(24)6-25-12-3-2-9(4-11(12)23-7-18-21-22-23)19-14-17-5-10(15)13(16)20-14/h2-5,7-8,24H,6H2,1H3,(H3,16,17,19,20). The topological polar surface area (TPSA) is 137 Å². The van der Waals surface area contributed by atoms with E-state index in [9.17, 15) is 9.50 Å². The van der Waals surface area contributed by atoms with Gasteiger partial charge in [-0.1, -0.05) is 0 Å². The van der Waals surface area contributed by atoms with E-state index in [1.807, 2.05) is 0 Å². The molecule has 0 fully saturated rings. The summed E-state index contributed by atoms with van der Waals surface area (Å²) < 4.78 is 20.1. The number of nitrogens with two attached hydrogens (primary N) is 1. The highest BCUT2D eigenvalue weighted by Crippen LogP contribution is 2.27. The van der Waals surface area contributed by atoms with Crippen molar-refractivity contribution in [2.75, 3.05) is 17.7 Å². The normalized spacial score (nSPS) is 12.0. The molecule has 25 heavy (non-hydrogen) atoms. The van der Waals surface area contributed by atoms with Crippen molar-refractivity contribution < 1.29 is 14.2 Å². The number of ether oxygens (including phenoxy) is 1. The molecule has 3 aromatic rings. The maximum Gasteiger partial charge on any atom is 0.229 e. The Kier molecular flexibility index (Phi) is 4.66. The summed E-state index contributed by atoms with van der Waals surface area (Å²) in [5.74, 6) is -0.339. The summed E-state index contributed by atoms with van der Waals surface area (Å²) in [6.45, 7) is 1.72. The van der Waals surface area contributed by atoms with Crippen molar-refractivity contribution in [3.05, 3.63) is 36.5 Å². The third-order valence-electron chi connectivity index (χ3n) is 3.06. The molecular weight excluding hydrogens is 331 g/mol. The van der Waals surface area contributed by atoms with Crippen LogP contribution < -0.4 is 15.8 Å². The van der Waals surface area contributed by atoms with E-state index in [-0.39, 0.29) is 18.4 Å². The average molecular weight is 346 g/mol. The molecule has 0 spiro atoms. The van der Waals surface area contributed by atoms with Crippen molar-refractivity contribution in [1.82, 2.24) is 30.2 Å². The summed E-state index contributed by atoms with van der Waals surface area (Å²) in [5.41, 5.74) is 6.55. The van der Waals surface area contributed by atoms with Gasteiger partial charge in [0.05, 0.1) is 12.3 Å². The second kappa shape index (κ2) is 7.05. The Morgan fingerprint density at radius 3 is 2.96 bits per heavy atom. The number of aromatic nitrogens is 6. The fourth-order valence-electron chi connectivity index (χ4n) is 1.95. The predicted molar refractivity (Wildman–Crippen MR) is 86.0 cm³/mol. The fraction of sp³-hybridized carbons (Fsp3) is 0.214. The largest absolute Gasteiger partial charge is 0.489 e. The molecule has 0 bridgehead atoms. The molecule has 2 heterocycles. The van der Waals surface area contributed by atoms with Gasteiger partial charge in [0.15, 0.2) is 11.6 Å². The maximum atomic E-state index is 13.2. The molecule has 0 aliphatic rings. The van der Waals surface area contributed by atoms with Crippen LogP contribution in [0.5, 0.6) is 5.75 Å². The molecule has 11 heteroatoms. The fourth-order valence-corrected chi connectivity index (χ4v) is 1.95. The molecule has 0 saturated heterocycles. The van der Waals surface area contributed by atoms with E-state index in [0.29, 0.717) is 17.1 Å². The van der Waals surface area contributed by atoms with Crippen LogP contribution in [0.25, 0.3) is 5.69 Å². The molecule has 1 aromatic carbocycles. The van der Waals surface area contributed by atoms with Crippen LogP contribution in [-0.4, -0.2) is 48.0 Å². The zero-order valence-corrected chi connectivity index (χ0v) is 13.2. The monoisotopic (exact) mass is 346 g/mol. The Balaban J connectivity index is 1.90. The smallest absolute Gasteiger partial charge is 0.229 e. The molecule has 0 aliphatic carbocycles. The average Bonchev–Trinajstić information content (AvgIpc) is 3.11. The molecule has 10 nitrogen and oxygen atoms in total. The molecule has 2 aromatic heterocycles. The summed E-state index contributed by atoms with van der Waals surface area (Å²) in [6, 6.07) is 5.07. The van der Waals surface area contributed by atoms with Gasteiger partial charge in [-0.05, 0) is 35.5 Å². The molecule has 0 amide bonds. The van der Waals surface area contributed by atoms with E-state index in [4.69, 9.17) is 10.5 Å². The first-order chi connectivity index (χ1) is 12.0. The number of anilines is 3. The minimum Gasteiger partial charge on any atom is -0.489 e. The quantitative estimate of drug-likeness (QED) is 0.588. The Hall–Kier alpha value is -3.34. The van der Waals surface area contributed by atoms with Crippen LogP contribution in [0.3, 0.4) is 0 Å². The van der Waals surface area contributed by atoms with E-state index < -0.39 is 11.9 Å². The Bertz CT molecular complexity index is 856. The van der Waals surface area contributed by atoms with Crippen molar-refractivity contribution in [3.63, 3.8) is 0 Å². The highest BCUT2D eigenvalue weighted by Gasteiger charge is 2.11. The van der Waals surface area contributed by atoms with Gasteiger partial charge in [-0.15, -0.1) is 5.10 Å². The zero-order chi connectivity index (χ0) is 17.8.